The van der Waals surface area contributed by atoms with Crippen LogP contribution in [0, 0.1) is 0 Å². The van der Waals surface area contributed by atoms with Crippen LogP contribution in [0.15, 0.2) is 122 Å². The number of hydrogen-bond acceptors (Lipinski definition) is 6. The van der Waals surface area contributed by atoms with Crippen molar-refractivity contribution in [3.63, 3.8) is 0 Å². The fourth-order valence-electron chi connectivity index (χ4n) is 7.01. The Balaban J connectivity index is 4.51. The van der Waals surface area contributed by atoms with Gasteiger partial charge in [0.1, 0.15) is 13.2 Å². The first-order valence-corrected chi connectivity index (χ1v) is 26.7. The maximum Gasteiger partial charge on any atom is 0.306 e. The van der Waals surface area contributed by atoms with Crippen LogP contribution in [0.2, 0.25) is 0 Å². The topological polar surface area (TPSA) is 78.9 Å². The summed E-state index contributed by atoms with van der Waals surface area (Å²) < 4.78 is 16.7. The third-order valence-corrected chi connectivity index (χ3v) is 11.0. The normalized spacial score (nSPS) is 13.1. The SMILES string of the molecule is CC/C=C/C=C/C=C/C=C/C=C/C=C/CCCCCC(=O)OC(COC(=O)CCCCC/C=C/C=C/C=C/C=C/CC)COC(=O)CCCCCCCCCCCCCCCCCCCC. The molecule has 6 nitrogen and oxygen atoms in total. The van der Waals surface area contributed by atoms with Crippen molar-refractivity contribution in [3.05, 3.63) is 122 Å². The molecule has 0 aromatic heterocycles. The molecule has 0 rings (SSSR count). The molecular weight excluding hydrogens is 817 g/mol. The van der Waals surface area contributed by atoms with E-state index in [1.165, 1.54) is 96.3 Å². The Bertz CT molecular complexity index is 1420. The molecule has 0 saturated carbocycles. The summed E-state index contributed by atoms with van der Waals surface area (Å²) in [7, 11) is 0. The zero-order valence-electron chi connectivity index (χ0n) is 42.4. The van der Waals surface area contributed by atoms with E-state index in [9.17, 15) is 14.4 Å². The quantitative estimate of drug-likeness (QED) is 0.0262. The number of ether oxygens (including phenoxy) is 3. The molecule has 0 aromatic carbocycles. The van der Waals surface area contributed by atoms with Gasteiger partial charge in [0.2, 0.25) is 0 Å². The van der Waals surface area contributed by atoms with E-state index in [1.54, 1.807) is 0 Å². The molecule has 6 heteroatoms. The van der Waals surface area contributed by atoms with Gasteiger partial charge in [0, 0.05) is 19.3 Å². The molecule has 1 unspecified atom stereocenters. The Morgan fingerprint density at radius 3 is 0.924 bits per heavy atom. The van der Waals surface area contributed by atoms with E-state index < -0.39 is 6.10 Å². The lowest BCUT2D eigenvalue weighted by Gasteiger charge is -2.18. The van der Waals surface area contributed by atoms with Gasteiger partial charge in [-0.2, -0.15) is 0 Å². The van der Waals surface area contributed by atoms with Crippen LogP contribution in [0.1, 0.15) is 220 Å². The highest BCUT2D eigenvalue weighted by Gasteiger charge is 2.19. The molecule has 0 amide bonds. The number of esters is 3. The average Bonchev–Trinajstić information content (AvgIpc) is 3.31. The fraction of sp³-hybridized carbons (Fsp3) is 0.617. The van der Waals surface area contributed by atoms with Crippen molar-refractivity contribution >= 4 is 17.9 Å². The van der Waals surface area contributed by atoms with E-state index in [4.69, 9.17) is 14.2 Å². The van der Waals surface area contributed by atoms with Gasteiger partial charge in [0.05, 0.1) is 0 Å². The molecule has 0 saturated heterocycles. The summed E-state index contributed by atoms with van der Waals surface area (Å²) >= 11 is 0. The van der Waals surface area contributed by atoms with Crippen LogP contribution in [-0.4, -0.2) is 37.2 Å². The summed E-state index contributed by atoms with van der Waals surface area (Å²) in [6.07, 6.45) is 73.3. The van der Waals surface area contributed by atoms with Crippen LogP contribution in [-0.2, 0) is 28.6 Å². The molecule has 0 heterocycles. The Labute approximate surface area is 405 Å². The first-order valence-electron chi connectivity index (χ1n) is 26.7. The van der Waals surface area contributed by atoms with Crippen LogP contribution in [0.5, 0.6) is 0 Å². The largest absolute Gasteiger partial charge is 0.462 e. The van der Waals surface area contributed by atoms with Crippen molar-refractivity contribution in [1.29, 1.82) is 0 Å². The predicted octanol–water partition coefficient (Wildman–Crippen LogP) is 17.7. The van der Waals surface area contributed by atoms with E-state index in [0.717, 1.165) is 77.0 Å². The number of allylic oxidation sites excluding steroid dienone is 20. The summed E-state index contributed by atoms with van der Waals surface area (Å²) in [5.74, 6) is -0.999. The molecule has 0 N–H and O–H groups in total. The molecule has 0 radical (unpaired) electrons. The maximum absolute atomic E-state index is 12.8. The first-order chi connectivity index (χ1) is 32.5. The fourth-order valence-corrected chi connectivity index (χ4v) is 7.01. The van der Waals surface area contributed by atoms with Crippen LogP contribution < -0.4 is 0 Å². The average molecular weight is 913 g/mol. The molecule has 0 aromatic rings. The highest BCUT2D eigenvalue weighted by molar-refractivity contribution is 5.71. The first kappa shape index (κ1) is 61.8. The molecule has 0 bridgehead atoms. The van der Waals surface area contributed by atoms with E-state index in [-0.39, 0.29) is 37.5 Å². The van der Waals surface area contributed by atoms with Gasteiger partial charge in [-0.15, -0.1) is 0 Å². The minimum atomic E-state index is -0.819. The van der Waals surface area contributed by atoms with Crippen molar-refractivity contribution in [2.45, 2.75) is 226 Å². The van der Waals surface area contributed by atoms with Crippen LogP contribution in [0.4, 0.5) is 0 Å². The van der Waals surface area contributed by atoms with Gasteiger partial charge < -0.3 is 14.2 Å². The Hall–Kier alpha value is -4.19. The smallest absolute Gasteiger partial charge is 0.306 e. The van der Waals surface area contributed by atoms with Gasteiger partial charge in [0.25, 0.3) is 0 Å². The van der Waals surface area contributed by atoms with Gasteiger partial charge in [0.15, 0.2) is 6.10 Å². The number of unbranched alkanes of at least 4 members (excludes halogenated alkanes) is 23. The van der Waals surface area contributed by atoms with Gasteiger partial charge in [-0.25, -0.2) is 0 Å². The van der Waals surface area contributed by atoms with Gasteiger partial charge >= 0.3 is 17.9 Å². The zero-order chi connectivity index (χ0) is 47.9. The lowest BCUT2D eigenvalue weighted by Crippen LogP contribution is -2.30. The second-order valence-electron chi connectivity index (χ2n) is 17.3. The van der Waals surface area contributed by atoms with Crippen LogP contribution in [0.25, 0.3) is 0 Å². The minimum absolute atomic E-state index is 0.111. The molecule has 0 aliphatic carbocycles. The monoisotopic (exact) mass is 913 g/mol. The second kappa shape index (κ2) is 53.4. The molecular formula is C60H96O6. The Morgan fingerprint density at radius 2 is 0.591 bits per heavy atom. The summed E-state index contributed by atoms with van der Waals surface area (Å²) in [4.78, 5) is 38.0. The number of carbonyl (C=O) groups is 3. The highest BCUT2D eigenvalue weighted by atomic mass is 16.6. The second-order valence-corrected chi connectivity index (χ2v) is 17.3. The van der Waals surface area contributed by atoms with E-state index in [1.807, 2.05) is 97.2 Å². The summed E-state index contributed by atoms with van der Waals surface area (Å²) in [5.41, 5.74) is 0. The van der Waals surface area contributed by atoms with Gasteiger partial charge in [-0.05, 0) is 57.8 Å². The van der Waals surface area contributed by atoms with Gasteiger partial charge in [-0.1, -0.05) is 264 Å². The van der Waals surface area contributed by atoms with Gasteiger partial charge in [-0.3, -0.25) is 14.4 Å². The summed E-state index contributed by atoms with van der Waals surface area (Å²) in [6.45, 7) is 6.28. The predicted molar refractivity (Wildman–Crippen MR) is 283 cm³/mol. The number of carbonyl (C=O) groups excluding carboxylic acids is 3. The number of rotatable bonds is 46. The summed E-state index contributed by atoms with van der Waals surface area (Å²) in [5, 5.41) is 0. The van der Waals surface area contributed by atoms with E-state index in [2.05, 4.69) is 45.1 Å². The van der Waals surface area contributed by atoms with E-state index in [0.29, 0.717) is 19.3 Å². The molecule has 0 spiro atoms. The lowest BCUT2D eigenvalue weighted by molar-refractivity contribution is -0.167. The molecule has 0 aliphatic rings. The van der Waals surface area contributed by atoms with Crippen LogP contribution >= 0.6 is 0 Å². The van der Waals surface area contributed by atoms with Crippen molar-refractivity contribution in [2.75, 3.05) is 13.2 Å². The van der Waals surface area contributed by atoms with Crippen molar-refractivity contribution in [2.24, 2.45) is 0 Å². The Morgan fingerprint density at radius 1 is 0.318 bits per heavy atom. The van der Waals surface area contributed by atoms with Crippen LogP contribution in [0.3, 0.4) is 0 Å². The van der Waals surface area contributed by atoms with E-state index >= 15 is 0 Å². The maximum atomic E-state index is 12.8. The molecule has 0 fully saturated rings. The van der Waals surface area contributed by atoms with Crippen molar-refractivity contribution < 1.29 is 28.6 Å². The molecule has 372 valence electrons. The molecule has 66 heavy (non-hydrogen) atoms. The summed E-state index contributed by atoms with van der Waals surface area (Å²) in [6, 6.07) is 0. The third kappa shape index (κ3) is 50.8. The zero-order valence-corrected chi connectivity index (χ0v) is 42.4. The van der Waals surface area contributed by atoms with Crippen molar-refractivity contribution in [3.8, 4) is 0 Å². The molecule has 1 atom stereocenters. The van der Waals surface area contributed by atoms with Crippen molar-refractivity contribution in [1.82, 2.24) is 0 Å². The minimum Gasteiger partial charge on any atom is -0.462 e. The highest BCUT2D eigenvalue weighted by Crippen LogP contribution is 2.15. The molecule has 0 aliphatic heterocycles. The lowest BCUT2D eigenvalue weighted by atomic mass is 10.0. The third-order valence-electron chi connectivity index (χ3n) is 11.0. The standard InChI is InChI=1S/C60H96O6/c1-4-7-10-13-16-19-22-25-27-29-31-32-35-38-41-44-47-50-53-59(62)65-56-57(55-64-58(61)52-49-46-43-40-37-34-24-21-18-15-12-9-6-3)66-60(63)54-51-48-45-42-39-36-33-30-28-26-23-20-17-14-11-8-5-2/h8-9,11-12,14-15,17-18,20-21,23-24,26,28,30,33-34,36-37,39,57H,4-7,10,13,16,19,22,25,27,29,31-32,35,38,40-56H2,1-3H3/b11-8+,12-9+,17-14+,18-15+,23-20+,24-21+,28-26+,33-30+,37-34+,39-36+. The Kier molecular flexibility index (Phi) is 50.0. The number of hydrogen-bond donors (Lipinski definition) is 0.